The first-order valence-electron chi connectivity index (χ1n) is 9.97. The second-order valence-corrected chi connectivity index (χ2v) is 8.12. The van der Waals surface area contributed by atoms with E-state index in [9.17, 15) is 0 Å². The summed E-state index contributed by atoms with van der Waals surface area (Å²) >= 11 is 0. The predicted octanol–water partition coefficient (Wildman–Crippen LogP) is 2.77. The fourth-order valence-corrected chi connectivity index (χ4v) is 3.97. The van der Waals surface area contributed by atoms with E-state index in [1.165, 1.54) is 64.8 Å². The third kappa shape index (κ3) is 7.59. The van der Waals surface area contributed by atoms with Crippen LogP contribution < -0.4 is 10.6 Å². The van der Waals surface area contributed by atoms with Gasteiger partial charge < -0.3 is 15.5 Å². The summed E-state index contributed by atoms with van der Waals surface area (Å²) in [7, 11) is 1.88. The molecule has 2 heterocycles. The first-order chi connectivity index (χ1) is 11.5. The minimum Gasteiger partial charge on any atom is -0.356 e. The molecule has 0 aromatic carbocycles. The molecule has 2 fully saturated rings. The van der Waals surface area contributed by atoms with Crippen LogP contribution in [0, 0.1) is 5.92 Å². The number of aliphatic imine (C=N–C) groups is 1. The van der Waals surface area contributed by atoms with Gasteiger partial charge in [0.2, 0.25) is 0 Å². The molecule has 1 atom stereocenters. The molecule has 2 rings (SSSR count). The first-order valence-corrected chi connectivity index (χ1v) is 9.97. The summed E-state index contributed by atoms with van der Waals surface area (Å²) in [6.07, 6.45) is 6.64. The number of rotatable bonds is 7. The van der Waals surface area contributed by atoms with Crippen molar-refractivity contribution >= 4 is 29.9 Å². The molecule has 2 saturated heterocycles. The molecule has 2 aliphatic heterocycles. The van der Waals surface area contributed by atoms with Crippen LogP contribution in [0.3, 0.4) is 0 Å². The topological polar surface area (TPSA) is 42.9 Å². The largest absolute Gasteiger partial charge is 0.356 e. The van der Waals surface area contributed by atoms with Gasteiger partial charge in [0.05, 0.1) is 0 Å². The summed E-state index contributed by atoms with van der Waals surface area (Å²) < 4.78 is 0. The van der Waals surface area contributed by atoms with E-state index in [0.29, 0.717) is 0 Å². The van der Waals surface area contributed by atoms with E-state index in [2.05, 4.69) is 46.2 Å². The van der Waals surface area contributed by atoms with Crippen molar-refractivity contribution in [1.82, 2.24) is 20.4 Å². The number of halogens is 1. The van der Waals surface area contributed by atoms with E-state index in [4.69, 9.17) is 0 Å². The zero-order chi connectivity index (χ0) is 17.4. The predicted molar refractivity (Wildman–Crippen MR) is 119 cm³/mol. The third-order valence-corrected chi connectivity index (χ3v) is 5.59. The lowest BCUT2D eigenvalue weighted by molar-refractivity contribution is 0.0982. The van der Waals surface area contributed by atoms with E-state index >= 15 is 0 Å². The van der Waals surface area contributed by atoms with Crippen LogP contribution in [-0.2, 0) is 0 Å². The molecule has 0 aromatic rings. The smallest absolute Gasteiger partial charge is 0.191 e. The molecule has 0 bridgehead atoms. The average Bonchev–Trinajstić information content (AvgIpc) is 3.04. The molecule has 25 heavy (non-hydrogen) atoms. The number of hydrogen-bond donors (Lipinski definition) is 2. The number of guanidine groups is 1. The van der Waals surface area contributed by atoms with Gasteiger partial charge in [0.1, 0.15) is 0 Å². The van der Waals surface area contributed by atoms with Gasteiger partial charge in [0, 0.05) is 32.2 Å². The lowest BCUT2D eigenvalue weighted by Crippen LogP contribution is -2.55. The average molecular weight is 465 g/mol. The van der Waals surface area contributed by atoms with E-state index in [1.807, 2.05) is 7.05 Å². The Balaban J connectivity index is 0.00000312. The third-order valence-electron chi connectivity index (χ3n) is 5.59. The minimum atomic E-state index is 0. The van der Waals surface area contributed by atoms with Crippen molar-refractivity contribution in [3.63, 3.8) is 0 Å². The summed E-state index contributed by atoms with van der Waals surface area (Å²) in [4.78, 5) is 9.62. The fraction of sp³-hybridized carbons (Fsp3) is 0.947. The Morgan fingerprint density at radius 3 is 2.48 bits per heavy atom. The Labute approximate surface area is 172 Å². The maximum atomic E-state index is 4.41. The number of piperidine rings is 1. The van der Waals surface area contributed by atoms with Gasteiger partial charge in [0.15, 0.2) is 5.96 Å². The highest BCUT2D eigenvalue weighted by molar-refractivity contribution is 14.0. The number of nitrogens with zero attached hydrogens (tertiary/aromatic N) is 3. The second-order valence-electron chi connectivity index (χ2n) is 8.12. The summed E-state index contributed by atoms with van der Waals surface area (Å²) in [5.41, 5.74) is 0.184. The van der Waals surface area contributed by atoms with Crippen LogP contribution >= 0.6 is 24.0 Å². The highest BCUT2D eigenvalue weighted by Gasteiger charge is 2.28. The van der Waals surface area contributed by atoms with Gasteiger partial charge in [-0.25, -0.2) is 0 Å². The van der Waals surface area contributed by atoms with Gasteiger partial charge >= 0.3 is 0 Å². The highest BCUT2D eigenvalue weighted by atomic mass is 127. The number of hydrogen-bond acceptors (Lipinski definition) is 3. The lowest BCUT2D eigenvalue weighted by atomic mass is 9.98. The molecule has 0 spiro atoms. The maximum Gasteiger partial charge on any atom is 0.191 e. The van der Waals surface area contributed by atoms with E-state index in [-0.39, 0.29) is 29.5 Å². The van der Waals surface area contributed by atoms with Crippen LogP contribution in [0.15, 0.2) is 4.99 Å². The molecule has 148 valence electrons. The molecule has 0 radical (unpaired) electrons. The molecule has 1 unspecified atom stereocenters. The van der Waals surface area contributed by atoms with Crippen molar-refractivity contribution in [2.75, 3.05) is 52.9 Å². The van der Waals surface area contributed by atoms with Gasteiger partial charge in [-0.3, -0.25) is 9.89 Å². The molecule has 5 nitrogen and oxygen atoms in total. The molecule has 0 aromatic heterocycles. The number of nitrogens with one attached hydrogen (secondary N) is 2. The highest BCUT2D eigenvalue weighted by Crippen LogP contribution is 2.20. The quantitative estimate of drug-likeness (QED) is 0.345. The minimum absolute atomic E-state index is 0. The normalized spacial score (nSPS) is 23.4. The SMILES string of the molecule is CCCN1CCC(CNC(=NC)NCC(C)(C)N2CCCCC2)C1.I. The molecule has 0 aliphatic carbocycles. The zero-order valence-corrected chi connectivity index (χ0v) is 19.1. The summed E-state index contributed by atoms with van der Waals surface area (Å²) in [5.74, 6) is 1.71. The van der Waals surface area contributed by atoms with Crippen molar-refractivity contribution < 1.29 is 0 Å². The standard InChI is InChI=1S/C19H39N5.HI/c1-5-10-23-13-9-17(15-23)14-21-18(20-4)22-16-19(2,3)24-11-7-6-8-12-24;/h17H,5-16H2,1-4H3,(H2,20,21,22);1H. The van der Waals surface area contributed by atoms with Gasteiger partial charge in [-0.1, -0.05) is 13.3 Å². The van der Waals surface area contributed by atoms with Crippen molar-refractivity contribution in [1.29, 1.82) is 0 Å². The van der Waals surface area contributed by atoms with Gasteiger partial charge in [-0.2, -0.15) is 0 Å². The summed E-state index contributed by atoms with van der Waals surface area (Å²) in [6.45, 7) is 15.1. The molecule has 6 heteroatoms. The van der Waals surface area contributed by atoms with Gasteiger partial charge in [0.25, 0.3) is 0 Å². The Bertz CT molecular complexity index is 393. The van der Waals surface area contributed by atoms with Gasteiger partial charge in [-0.05, 0) is 71.6 Å². The molecule has 2 N–H and O–H groups in total. The van der Waals surface area contributed by atoms with E-state index in [1.54, 1.807) is 0 Å². The fourth-order valence-electron chi connectivity index (χ4n) is 3.97. The molecular weight excluding hydrogens is 425 g/mol. The van der Waals surface area contributed by atoms with Crippen molar-refractivity contribution in [3.05, 3.63) is 0 Å². The molecular formula is C19H40IN5. The Morgan fingerprint density at radius 2 is 1.84 bits per heavy atom. The van der Waals surface area contributed by atoms with Crippen LogP contribution in [0.1, 0.15) is 52.9 Å². The molecule has 2 aliphatic rings. The maximum absolute atomic E-state index is 4.41. The van der Waals surface area contributed by atoms with Crippen LogP contribution in [0.4, 0.5) is 0 Å². The van der Waals surface area contributed by atoms with Crippen LogP contribution in [-0.4, -0.2) is 74.2 Å². The van der Waals surface area contributed by atoms with Gasteiger partial charge in [-0.15, -0.1) is 24.0 Å². The van der Waals surface area contributed by atoms with Crippen LogP contribution in [0.2, 0.25) is 0 Å². The summed E-state index contributed by atoms with van der Waals surface area (Å²) in [6, 6.07) is 0. The van der Waals surface area contributed by atoms with E-state index < -0.39 is 0 Å². The second kappa shape index (κ2) is 11.6. The Kier molecular flexibility index (Phi) is 10.6. The Hall–Kier alpha value is -0.0800. The lowest BCUT2D eigenvalue weighted by Gasteiger charge is -2.41. The zero-order valence-electron chi connectivity index (χ0n) is 16.8. The van der Waals surface area contributed by atoms with Crippen molar-refractivity contribution in [2.24, 2.45) is 10.9 Å². The van der Waals surface area contributed by atoms with Crippen LogP contribution in [0.5, 0.6) is 0 Å². The Morgan fingerprint density at radius 1 is 1.12 bits per heavy atom. The summed E-state index contributed by atoms with van der Waals surface area (Å²) in [5, 5.41) is 7.09. The van der Waals surface area contributed by atoms with Crippen molar-refractivity contribution in [2.45, 2.75) is 58.4 Å². The first kappa shape index (κ1) is 23.0. The van der Waals surface area contributed by atoms with Crippen molar-refractivity contribution in [3.8, 4) is 0 Å². The molecule has 0 amide bonds. The van der Waals surface area contributed by atoms with E-state index in [0.717, 1.165) is 25.0 Å². The number of likely N-dealkylation sites (tertiary alicyclic amines) is 2. The monoisotopic (exact) mass is 465 g/mol. The molecule has 0 saturated carbocycles. The van der Waals surface area contributed by atoms with Crippen LogP contribution in [0.25, 0.3) is 0 Å².